The molecule has 4 aromatic rings. The Balaban J connectivity index is 1.84. The Hall–Kier alpha value is -2.29. The molecule has 4 rings (SSSR count). The summed E-state index contributed by atoms with van der Waals surface area (Å²) < 4.78 is 6.67. The van der Waals surface area contributed by atoms with E-state index in [1.54, 1.807) is 13.0 Å². The maximum absolute atomic E-state index is 12.5. The zero-order valence-electron chi connectivity index (χ0n) is 12.9. The van der Waals surface area contributed by atoms with Crippen molar-refractivity contribution in [3.05, 3.63) is 66.9 Å². The molecule has 0 aliphatic heterocycles. The average molecular weight is 391 g/mol. The minimum Gasteiger partial charge on any atom is -0.310 e. The third kappa shape index (κ3) is 2.92. The number of hydrogen-bond donors (Lipinski definition) is 2. The van der Waals surface area contributed by atoms with Gasteiger partial charge in [-0.25, -0.2) is 4.98 Å². The first kappa shape index (κ1) is 16.2. The van der Waals surface area contributed by atoms with Crippen molar-refractivity contribution >= 4 is 44.9 Å². The molecule has 9 heteroatoms. The third-order valence-electron chi connectivity index (χ3n) is 3.82. The molecule has 0 aliphatic rings. The van der Waals surface area contributed by atoms with Gasteiger partial charge in [0.2, 0.25) is 0 Å². The topological polar surface area (TPSA) is 91.5 Å². The maximum Gasteiger partial charge on any atom is 0.286 e. The fraction of sp³-hybridized carbons (Fsp3) is 0.125. The quantitative estimate of drug-likeness (QED) is 0.561. The molecule has 0 atom stereocenters. The second-order valence-electron chi connectivity index (χ2n) is 5.52. The Kier molecular flexibility index (Phi) is 4.03. The summed E-state index contributed by atoms with van der Waals surface area (Å²) in [6.07, 6.45) is 0.468. The lowest BCUT2D eigenvalue weighted by atomic mass is 10.1. The molecule has 2 N–H and O–H groups in total. The smallest absolute Gasteiger partial charge is 0.286 e. The molecule has 0 bridgehead atoms. The van der Waals surface area contributed by atoms with E-state index in [0.29, 0.717) is 38.1 Å². The van der Waals surface area contributed by atoms with Crippen LogP contribution < -0.4 is 11.1 Å². The maximum atomic E-state index is 12.5. The molecular weight excluding hydrogens is 380 g/mol. The number of benzene rings is 1. The van der Waals surface area contributed by atoms with Crippen LogP contribution in [0.15, 0.2) is 33.9 Å². The number of nitrogens with one attached hydrogen (secondary N) is 2. The molecule has 0 radical (unpaired) electrons. The van der Waals surface area contributed by atoms with E-state index in [9.17, 15) is 9.59 Å². The van der Waals surface area contributed by atoms with Crippen molar-refractivity contribution in [2.24, 2.45) is 0 Å². The van der Waals surface area contributed by atoms with Crippen molar-refractivity contribution in [2.45, 2.75) is 13.3 Å². The molecule has 25 heavy (non-hydrogen) atoms. The van der Waals surface area contributed by atoms with E-state index in [1.807, 2.05) is 18.2 Å². The van der Waals surface area contributed by atoms with E-state index >= 15 is 0 Å². The van der Waals surface area contributed by atoms with Crippen LogP contribution in [0.2, 0.25) is 5.02 Å². The van der Waals surface area contributed by atoms with E-state index in [2.05, 4.69) is 18.7 Å². The molecule has 0 amide bonds. The van der Waals surface area contributed by atoms with Gasteiger partial charge in [-0.2, -0.15) is 4.37 Å². The van der Waals surface area contributed by atoms with Crippen LogP contribution in [-0.2, 0) is 6.42 Å². The second-order valence-corrected chi connectivity index (χ2v) is 7.52. The Labute approximate surface area is 154 Å². The number of halogens is 1. The van der Waals surface area contributed by atoms with Crippen LogP contribution in [-0.4, -0.2) is 18.7 Å². The van der Waals surface area contributed by atoms with E-state index in [0.717, 1.165) is 22.9 Å². The zero-order chi connectivity index (χ0) is 17.6. The summed E-state index contributed by atoms with van der Waals surface area (Å²) in [6.45, 7) is 1.81. The highest BCUT2D eigenvalue weighted by molar-refractivity contribution is 7.22. The van der Waals surface area contributed by atoms with Crippen LogP contribution in [0.5, 0.6) is 0 Å². The minimum absolute atomic E-state index is 0.214. The number of fused-ring (bicyclic) bond motifs is 1. The third-order valence-corrected chi connectivity index (χ3v) is 5.79. The molecule has 0 aliphatic carbocycles. The molecule has 0 unspecified atom stereocenters. The number of aryl methyl sites for hydroxylation is 1. The highest BCUT2D eigenvalue weighted by atomic mass is 35.5. The van der Waals surface area contributed by atoms with Gasteiger partial charge in [-0.3, -0.25) is 14.0 Å². The van der Waals surface area contributed by atoms with Gasteiger partial charge in [0.05, 0.1) is 10.3 Å². The van der Waals surface area contributed by atoms with Gasteiger partial charge < -0.3 is 4.98 Å². The Morgan fingerprint density at radius 1 is 1.24 bits per heavy atom. The van der Waals surface area contributed by atoms with Gasteiger partial charge in [-0.05, 0) is 30.2 Å². The number of hydrogen-bond acceptors (Lipinski definition) is 6. The number of H-pyrrole nitrogens is 2. The van der Waals surface area contributed by atoms with Crippen LogP contribution in [0.25, 0.3) is 20.8 Å². The lowest BCUT2D eigenvalue weighted by Gasteiger charge is -2.02. The van der Waals surface area contributed by atoms with Crippen molar-refractivity contribution in [3.63, 3.8) is 0 Å². The first-order chi connectivity index (χ1) is 12.0. The Morgan fingerprint density at radius 3 is 2.80 bits per heavy atom. The molecule has 3 heterocycles. The van der Waals surface area contributed by atoms with Crippen molar-refractivity contribution < 1.29 is 0 Å². The zero-order valence-corrected chi connectivity index (χ0v) is 15.3. The number of thiophene rings is 1. The van der Waals surface area contributed by atoms with E-state index in [-0.39, 0.29) is 11.1 Å². The van der Waals surface area contributed by atoms with Gasteiger partial charge in [-0.15, -0.1) is 11.3 Å². The Morgan fingerprint density at radius 2 is 2.08 bits per heavy atom. The molecule has 0 saturated heterocycles. The summed E-state index contributed by atoms with van der Waals surface area (Å²) in [4.78, 5) is 33.0. The van der Waals surface area contributed by atoms with Gasteiger partial charge in [0.15, 0.2) is 5.69 Å². The van der Waals surface area contributed by atoms with Gasteiger partial charge in [0.1, 0.15) is 10.7 Å². The molecule has 1 aromatic carbocycles. The molecule has 0 fully saturated rings. The second kappa shape index (κ2) is 6.21. The van der Waals surface area contributed by atoms with Crippen molar-refractivity contribution in [2.75, 3.05) is 0 Å². The van der Waals surface area contributed by atoms with Gasteiger partial charge in [0, 0.05) is 23.2 Å². The highest BCUT2D eigenvalue weighted by Gasteiger charge is 2.19. The van der Waals surface area contributed by atoms with Gasteiger partial charge >= 0.3 is 0 Å². The molecule has 0 saturated carbocycles. The Bertz CT molecular complexity index is 1200. The van der Waals surface area contributed by atoms with E-state index in [4.69, 9.17) is 11.6 Å². The summed E-state index contributed by atoms with van der Waals surface area (Å²) in [6, 6.07) is 7.42. The predicted octanol–water partition coefficient (Wildman–Crippen LogP) is 3.35. The molecule has 3 aromatic heterocycles. The van der Waals surface area contributed by atoms with Crippen molar-refractivity contribution in [1.29, 1.82) is 0 Å². The van der Waals surface area contributed by atoms with Crippen LogP contribution in [0.1, 0.15) is 17.0 Å². The normalized spacial score (nSPS) is 11.3. The van der Waals surface area contributed by atoms with Gasteiger partial charge in [0.25, 0.3) is 11.1 Å². The number of nitrogens with zero attached hydrogens (tertiary/aromatic N) is 2. The number of aromatic amines is 2. The lowest BCUT2D eigenvalue weighted by Crippen LogP contribution is -2.12. The summed E-state index contributed by atoms with van der Waals surface area (Å²) in [5, 5.41) is 1.14. The van der Waals surface area contributed by atoms with Crippen molar-refractivity contribution in [3.8, 4) is 10.6 Å². The highest BCUT2D eigenvalue weighted by Crippen LogP contribution is 2.33. The van der Waals surface area contributed by atoms with Crippen LogP contribution in [0.4, 0.5) is 0 Å². The first-order valence-corrected chi connectivity index (χ1v) is 9.31. The number of rotatable bonds is 3. The summed E-state index contributed by atoms with van der Waals surface area (Å²) in [5.74, 6) is 0.555. The van der Waals surface area contributed by atoms with Crippen LogP contribution >= 0.6 is 34.7 Å². The fourth-order valence-electron chi connectivity index (χ4n) is 2.68. The average Bonchev–Trinajstić information content (AvgIpc) is 3.11. The summed E-state index contributed by atoms with van der Waals surface area (Å²) in [5.41, 5.74) is 1.55. The SMILES string of the molecule is Cc1c(-c2ns[nH]c2=O)sc2nc(Cc3cccc(Cl)c3)[nH]c(=O)c12. The van der Waals surface area contributed by atoms with E-state index in [1.165, 1.54) is 11.3 Å². The molecule has 126 valence electrons. The predicted molar refractivity (Wildman–Crippen MR) is 101 cm³/mol. The molecular formula is C16H11ClN4O2S2. The van der Waals surface area contributed by atoms with Crippen LogP contribution in [0.3, 0.4) is 0 Å². The van der Waals surface area contributed by atoms with E-state index < -0.39 is 0 Å². The molecule has 6 nitrogen and oxygen atoms in total. The molecule has 0 spiro atoms. The van der Waals surface area contributed by atoms with Crippen molar-refractivity contribution in [1.82, 2.24) is 18.7 Å². The number of aromatic nitrogens is 4. The monoisotopic (exact) mass is 390 g/mol. The fourth-order valence-corrected chi connectivity index (χ4v) is 4.63. The largest absolute Gasteiger partial charge is 0.310 e. The first-order valence-electron chi connectivity index (χ1n) is 7.34. The standard InChI is InChI=1S/C16H11ClN4O2S2/c1-7-11-14(22)18-10(6-8-3-2-4-9(17)5-8)19-16(11)24-13(7)12-15(23)21-25-20-12/h2-5H,6H2,1H3,(H,21,23)(H,18,19,22). The minimum atomic E-state index is -0.254. The lowest BCUT2D eigenvalue weighted by molar-refractivity contribution is 0.976. The summed E-state index contributed by atoms with van der Waals surface area (Å²) >= 11 is 8.30. The van der Waals surface area contributed by atoms with Crippen LogP contribution in [0, 0.1) is 6.92 Å². The summed E-state index contributed by atoms with van der Waals surface area (Å²) in [7, 11) is 0. The van der Waals surface area contributed by atoms with Gasteiger partial charge in [-0.1, -0.05) is 23.7 Å².